The molecule has 0 aliphatic heterocycles. The zero-order chi connectivity index (χ0) is 14.5. The van der Waals surface area contributed by atoms with Gasteiger partial charge < -0.3 is 5.32 Å². The second-order valence-electron chi connectivity index (χ2n) is 4.54. The van der Waals surface area contributed by atoms with Crippen LogP contribution in [0, 0.1) is 11.6 Å². The van der Waals surface area contributed by atoms with E-state index in [0.717, 1.165) is 18.5 Å². The highest BCUT2D eigenvalue weighted by atomic mass is 79.9. The van der Waals surface area contributed by atoms with Crippen molar-refractivity contribution in [3.63, 3.8) is 0 Å². The van der Waals surface area contributed by atoms with E-state index in [9.17, 15) is 8.78 Å². The van der Waals surface area contributed by atoms with Crippen LogP contribution in [0.5, 0.6) is 0 Å². The Morgan fingerprint density at radius 2 is 2.15 bits per heavy atom. The molecule has 0 fully saturated rings. The molecule has 1 heterocycles. The van der Waals surface area contributed by atoms with E-state index in [1.54, 1.807) is 12.4 Å². The fraction of sp³-hybridized carbons (Fsp3) is 0.357. The Morgan fingerprint density at radius 3 is 2.90 bits per heavy atom. The molecule has 0 aliphatic carbocycles. The first-order valence-corrected chi connectivity index (χ1v) is 7.25. The van der Waals surface area contributed by atoms with Gasteiger partial charge in [0.15, 0.2) is 0 Å². The maximum atomic E-state index is 13.9. The lowest BCUT2D eigenvalue weighted by Crippen LogP contribution is -2.13. The van der Waals surface area contributed by atoms with Crippen LogP contribution < -0.4 is 5.32 Å². The van der Waals surface area contributed by atoms with Crippen molar-refractivity contribution in [3.8, 4) is 0 Å². The van der Waals surface area contributed by atoms with E-state index in [1.165, 1.54) is 16.8 Å². The average Bonchev–Trinajstić information content (AvgIpc) is 2.87. The summed E-state index contributed by atoms with van der Waals surface area (Å²) in [6, 6.07) is 2.60. The van der Waals surface area contributed by atoms with Gasteiger partial charge in [-0.3, -0.25) is 4.68 Å². The molecule has 0 radical (unpaired) electrons. The number of nitrogens with one attached hydrogen (secondary N) is 1. The Morgan fingerprint density at radius 1 is 1.35 bits per heavy atom. The number of benzene rings is 1. The van der Waals surface area contributed by atoms with E-state index in [2.05, 4.69) is 33.3 Å². The fourth-order valence-electron chi connectivity index (χ4n) is 1.87. The molecule has 0 spiro atoms. The first kappa shape index (κ1) is 15.1. The van der Waals surface area contributed by atoms with Crippen LogP contribution in [0.25, 0.3) is 0 Å². The predicted molar refractivity (Wildman–Crippen MR) is 77.4 cm³/mol. The quantitative estimate of drug-likeness (QED) is 0.642. The second kappa shape index (κ2) is 6.95. The van der Waals surface area contributed by atoms with Crippen LogP contribution in [0.3, 0.4) is 0 Å². The highest BCUT2D eigenvalue weighted by Gasteiger charge is 2.13. The molecule has 0 amide bonds. The summed E-state index contributed by atoms with van der Waals surface area (Å²) in [5.41, 5.74) is 1.00. The SMILES string of the molecule is CCCNCc1cnn(Cc2c(F)ccc(Br)c2F)c1. The van der Waals surface area contributed by atoms with Gasteiger partial charge in [-0.1, -0.05) is 6.92 Å². The number of rotatable bonds is 6. The van der Waals surface area contributed by atoms with Gasteiger partial charge in [-0.2, -0.15) is 5.10 Å². The van der Waals surface area contributed by atoms with Gasteiger partial charge in [0, 0.05) is 23.9 Å². The molecule has 0 saturated carbocycles. The summed E-state index contributed by atoms with van der Waals surface area (Å²) in [5.74, 6) is -1.14. The molecule has 20 heavy (non-hydrogen) atoms. The Kier molecular flexibility index (Phi) is 5.25. The van der Waals surface area contributed by atoms with Crippen molar-refractivity contribution in [2.24, 2.45) is 0 Å². The molecule has 2 rings (SSSR count). The molecule has 0 saturated heterocycles. The van der Waals surface area contributed by atoms with Gasteiger partial charge >= 0.3 is 0 Å². The molecule has 1 N–H and O–H groups in total. The molecule has 0 unspecified atom stereocenters. The first-order chi connectivity index (χ1) is 9.61. The van der Waals surface area contributed by atoms with E-state index >= 15 is 0 Å². The van der Waals surface area contributed by atoms with E-state index in [0.29, 0.717) is 6.54 Å². The van der Waals surface area contributed by atoms with Crippen LogP contribution in [-0.4, -0.2) is 16.3 Å². The topological polar surface area (TPSA) is 29.9 Å². The zero-order valence-electron chi connectivity index (χ0n) is 11.2. The molecular formula is C14H16BrF2N3. The van der Waals surface area contributed by atoms with Gasteiger partial charge in [-0.15, -0.1) is 0 Å². The lowest BCUT2D eigenvalue weighted by atomic mass is 10.2. The number of nitrogens with zero attached hydrogens (tertiary/aromatic N) is 2. The standard InChI is InChI=1S/C14H16BrF2N3/c1-2-5-18-6-10-7-19-20(8-10)9-11-13(16)4-3-12(15)14(11)17/h3-4,7-8,18H,2,5-6,9H2,1H3. The Labute approximate surface area is 125 Å². The molecule has 0 bridgehead atoms. The third-order valence-electron chi connectivity index (χ3n) is 2.90. The first-order valence-electron chi connectivity index (χ1n) is 6.46. The van der Waals surface area contributed by atoms with Crippen LogP contribution in [0.2, 0.25) is 0 Å². The Bertz CT molecular complexity index is 584. The molecule has 1 aromatic heterocycles. The largest absolute Gasteiger partial charge is 0.313 e. The van der Waals surface area contributed by atoms with Crippen molar-refractivity contribution in [2.75, 3.05) is 6.54 Å². The molecular weight excluding hydrogens is 328 g/mol. The van der Waals surface area contributed by atoms with Gasteiger partial charge in [0.05, 0.1) is 17.2 Å². The van der Waals surface area contributed by atoms with Crippen LogP contribution in [-0.2, 0) is 13.1 Å². The van der Waals surface area contributed by atoms with E-state index < -0.39 is 11.6 Å². The lowest BCUT2D eigenvalue weighted by molar-refractivity contribution is 0.529. The van der Waals surface area contributed by atoms with Crippen molar-refractivity contribution in [1.82, 2.24) is 15.1 Å². The van der Waals surface area contributed by atoms with Crippen LogP contribution in [0.4, 0.5) is 8.78 Å². The summed E-state index contributed by atoms with van der Waals surface area (Å²) in [6.07, 6.45) is 4.56. The zero-order valence-corrected chi connectivity index (χ0v) is 12.8. The normalized spacial score (nSPS) is 11.0. The summed E-state index contributed by atoms with van der Waals surface area (Å²) in [4.78, 5) is 0. The van der Waals surface area contributed by atoms with Crippen LogP contribution in [0.15, 0.2) is 29.0 Å². The molecule has 0 atom stereocenters. The summed E-state index contributed by atoms with van der Waals surface area (Å²) in [5, 5.41) is 7.38. The predicted octanol–water partition coefficient (Wildman–Crippen LogP) is 3.47. The summed E-state index contributed by atoms with van der Waals surface area (Å²) in [7, 11) is 0. The van der Waals surface area contributed by atoms with Crippen LogP contribution in [0.1, 0.15) is 24.5 Å². The fourth-order valence-corrected chi connectivity index (χ4v) is 2.24. The minimum Gasteiger partial charge on any atom is -0.313 e. The number of halogens is 3. The minimum absolute atomic E-state index is 0.00976. The maximum Gasteiger partial charge on any atom is 0.145 e. The number of hydrogen-bond acceptors (Lipinski definition) is 2. The highest BCUT2D eigenvalue weighted by Crippen LogP contribution is 2.22. The molecule has 108 valence electrons. The van der Waals surface area contributed by atoms with Crippen molar-refractivity contribution < 1.29 is 8.78 Å². The van der Waals surface area contributed by atoms with Gasteiger partial charge in [-0.05, 0) is 41.0 Å². The van der Waals surface area contributed by atoms with Crippen LogP contribution >= 0.6 is 15.9 Å². The van der Waals surface area contributed by atoms with Gasteiger partial charge in [0.1, 0.15) is 11.6 Å². The average molecular weight is 344 g/mol. The number of hydrogen-bond donors (Lipinski definition) is 1. The third kappa shape index (κ3) is 3.64. The van der Waals surface area contributed by atoms with Crippen molar-refractivity contribution in [3.05, 3.63) is 51.8 Å². The molecule has 3 nitrogen and oxygen atoms in total. The molecule has 2 aromatic rings. The number of aromatic nitrogens is 2. The maximum absolute atomic E-state index is 13.9. The van der Waals surface area contributed by atoms with Crippen molar-refractivity contribution in [2.45, 2.75) is 26.4 Å². The lowest BCUT2D eigenvalue weighted by Gasteiger charge is -2.06. The molecule has 0 aliphatic rings. The van der Waals surface area contributed by atoms with Crippen molar-refractivity contribution in [1.29, 1.82) is 0 Å². The second-order valence-corrected chi connectivity index (χ2v) is 5.40. The van der Waals surface area contributed by atoms with Crippen molar-refractivity contribution >= 4 is 15.9 Å². The molecule has 6 heteroatoms. The summed E-state index contributed by atoms with van der Waals surface area (Å²) >= 11 is 3.06. The highest BCUT2D eigenvalue weighted by molar-refractivity contribution is 9.10. The monoisotopic (exact) mass is 343 g/mol. The summed E-state index contributed by atoms with van der Waals surface area (Å²) in [6.45, 7) is 3.80. The van der Waals surface area contributed by atoms with E-state index in [-0.39, 0.29) is 16.6 Å². The van der Waals surface area contributed by atoms with Gasteiger partial charge in [0.2, 0.25) is 0 Å². The smallest absolute Gasteiger partial charge is 0.145 e. The van der Waals surface area contributed by atoms with E-state index in [4.69, 9.17) is 0 Å². The van der Waals surface area contributed by atoms with Gasteiger partial charge in [0.25, 0.3) is 0 Å². The Balaban J connectivity index is 2.09. The van der Waals surface area contributed by atoms with E-state index in [1.807, 2.05) is 0 Å². The minimum atomic E-state index is -0.578. The third-order valence-corrected chi connectivity index (χ3v) is 3.51. The molecule has 1 aromatic carbocycles. The Hall–Kier alpha value is -1.27. The van der Waals surface area contributed by atoms with Gasteiger partial charge in [-0.25, -0.2) is 8.78 Å². The summed E-state index contributed by atoms with van der Waals surface area (Å²) < 4.78 is 29.3.